The molecule has 2 heterocycles. The van der Waals surface area contributed by atoms with Crippen LogP contribution in [0.1, 0.15) is 74.6 Å². The summed E-state index contributed by atoms with van der Waals surface area (Å²) in [6.07, 6.45) is 6.66. The van der Waals surface area contributed by atoms with E-state index in [1.165, 1.54) is 0 Å². The van der Waals surface area contributed by atoms with Gasteiger partial charge >= 0.3 is 0 Å². The van der Waals surface area contributed by atoms with E-state index in [2.05, 4.69) is 4.90 Å². The predicted octanol–water partition coefficient (Wildman–Crippen LogP) is 8.40. The van der Waals surface area contributed by atoms with E-state index in [0.717, 1.165) is 105 Å². The van der Waals surface area contributed by atoms with Crippen LogP contribution in [0.3, 0.4) is 0 Å². The van der Waals surface area contributed by atoms with Crippen LogP contribution in [0.2, 0.25) is 0 Å². The molecule has 2 aliphatic heterocycles. The summed E-state index contributed by atoms with van der Waals surface area (Å²) in [6.45, 7) is 3.62. The van der Waals surface area contributed by atoms with Gasteiger partial charge < -0.3 is 14.7 Å². The van der Waals surface area contributed by atoms with Crippen LogP contribution in [0.15, 0.2) is 54.6 Å². The second-order valence-electron chi connectivity index (χ2n) is 11.8. The smallest absolute Gasteiger partial charge is 0.182 e. The number of phenols is 1. The van der Waals surface area contributed by atoms with Crippen LogP contribution >= 0.6 is 0 Å². The summed E-state index contributed by atoms with van der Waals surface area (Å²) in [6, 6.07) is 16.6. The van der Waals surface area contributed by atoms with E-state index in [1.807, 2.05) is 35.2 Å². The fourth-order valence-corrected chi connectivity index (χ4v) is 6.80. The zero-order valence-electron chi connectivity index (χ0n) is 24.1. The number of hydrogen-bond donors (Lipinski definition) is 1. The van der Waals surface area contributed by atoms with Gasteiger partial charge in [-0.1, -0.05) is 25.6 Å². The number of benzene rings is 3. The number of phenolic OH excluding ortho intramolecular Hbond substituents is 1. The Morgan fingerprint density at radius 1 is 0.837 bits per heavy atom. The third kappa shape index (κ3) is 6.72. The van der Waals surface area contributed by atoms with Gasteiger partial charge in [-0.2, -0.15) is 0 Å². The summed E-state index contributed by atoms with van der Waals surface area (Å²) in [5.74, 6) is -0.634. The molecule has 1 N–H and O–H groups in total. The van der Waals surface area contributed by atoms with Gasteiger partial charge in [-0.3, -0.25) is 9.29 Å². The van der Waals surface area contributed by atoms with Crippen molar-refractivity contribution < 1.29 is 23.0 Å². The molecule has 43 heavy (non-hydrogen) atoms. The molecule has 3 aromatic carbocycles. The zero-order valence-corrected chi connectivity index (χ0v) is 24.1. The molecular formula is C36H43F3N2O2. The monoisotopic (exact) mass is 592 g/mol. The molecule has 4 nitrogen and oxygen atoms in total. The van der Waals surface area contributed by atoms with Crippen molar-refractivity contribution in [3.05, 3.63) is 88.5 Å². The molecule has 0 amide bonds. The van der Waals surface area contributed by atoms with Gasteiger partial charge in [0.05, 0.1) is 12.4 Å². The van der Waals surface area contributed by atoms with Crippen molar-refractivity contribution in [2.24, 2.45) is 0 Å². The van der Waals surface area contributed by atoms with Gasteiger partial charge in [-0.25, -0.2) is 8.78 Å². The Balaban J connectivity index is 0.00000368. The second kappa shape index (κ2) is 13.9. The van der Waals surface area contributed by atoms with Crippen LogP contribution in [-0.2, 0) is 6.42 Å². The standard InChI is InChI=1S/C35H39F3N2O2.CH4/c36-17-5-18-39-21-16-28(23-39)42-27-11-8-24(9-12-27)33-29-13-10-26(41)22-25(29)6-4-7-30(33)31-14-15-32(35(38)34(31)37)40-19-2-1-3-20-40;/h8-15,22,28,41H,1-7,16-21,23H2;1H4/t28-;/m0./s1. The summed E-state index contributed by atoms with van der Waals surface area (Å²) >= 11 is 0. The summed E-state index contributed by atoms with van der Waals surface area (Å²) in [5.41, 5.74) is 5.07. The molecule has 230 valence electrons. The van der Waals surface area contributed by atoms with E-state index in [4.69, 9.17) is 4.74 Å². The first-order chi connectivity index (χ1) is 20.5. The molecule has 0 aromatic heterocycles. The molecule has 1 atom stereocenters. The van der Waals surface area contributed by atoms with Crippen LogP contribution in [0, 0.1) is 11.6 Å². The average molecular weight is 593 g/mol. The number of allylic oxidation sites excluding steroid dienone is 1. The first-order valence-electron chi connectivity index (χ1n) is 15.4. The number of rotatable bonds is 8. The zero-order chi connectivity index (χ0) is 29.1. The van der Waals surface area contributed by atoms with E-state index in [9.17, 15) is 9.50 Å². The molecule has 0 unspecified atom stereocenters. The van der Waals surface area contributed by atoms with Gasteiger partial charge in [0.1, 0.15) is 17.6 Å². The van der Waals surface area contributed by atoms with Crippen LogP contribution in [0.25, 0.3) is 11.1 Å². The fraction of sp³-hybridized carbons (Fsp3) is 0.444. The number of alkyl halides is 1. The Hall–Kier alpha value is -3.45. The fourth-order valence-electron chi connectivity index (χ4n) is 6.80. The minimum atomic E-state index is -0.800. The van der Waals surface area contributed by atoms with Gasteiger partial charge in [-0.05, 0) is 116 Å². The third-order valence-corrected chi connectivity index (χ3v) is 8.90. The highest BCUT2D eigenvalue weighted by molar-refractivity contribution is 6.00. The number of likely N-dealkylation sites (tertiary alicyclic amines) is 1. The summed E-state index contributed by atoms with van der Waals surface area (Å²) in [5, 5.41) is 10.2. The third-order valence-electron chi connectivity index (χ3n) is 8.90. The Bertz CT molecular complexity index is 1430. The lowest BCUT2D eigenvalue weighted by Crippen LogP contribution is -2.30. The Labute approximate surface area is 253 Å². The first-order valence-corrected chi connectivity index (χ1v) is 15.4. The molecule has 2 fully saturated rings. The lowest BCUT2D eigenvalue weighted by atomic mass is 9.87. The van der Waals surface area contributed by atoms with Crippen molar-refractivity contribution in [1.29, 1.82) is 0 Å². The maximum Gasteiger partial charge on any atom is 0.182 e. The number of ether oxygens (including phenoxy) is 1. The highest BCUT2D eigenvalue weighted by atomic mass is 19.2. The highest BCUT2D eigenvalue weighted by Gasteiger charge is 2.27. The van der Waals surface area contributed by atoms with Crippen LogP contribution in [0.5, 0.6) is 11.5 Å². The second-order valence-corrected chi connectivity index (χ2v) is 11.8. The number of aryl methyl sites for hydroxylation is 1. The number of aromatic hydroxyl groups is 1. The maximum atomic E-state index is 15.9. The molecule has 3 aromatic rings. The highest BCUT2D eigenvalue weighted by Crippen LogP contribution is 2.43. The quantitative estimate of drug-likeness (QED) is 0.285. The van der Waals surface area contributed by atoms with E-state index in [0.29, 0.717) is 24.1 Å². The molecular weight excluding hydrogens is 549 g/mol. The first kappa shape index (κ1) is 31.0. The average Bonchev–Trinajstić information content (AvgIpc) is 3.37. The molecule has 0 radical (unpaired) electrons. The van der Waals surface area contributed by atoms with Crippen molar-refractivity contribution in [2.75, 3.05) is 44.3 Å². The largest absolute Gasteiger partial charge is 0.508 e. The van der Waals surface area contributed by atoms with Crippen LogP contribution in [0.4, 0.5) is 18.9 Å². The van der Waals surface area contributed by atoms with Crippen LogP contribution in [-0.4, -0.2) is 55.5 Å². The van der Waals surface area contributed by atoms with E-state index < -0.39 is 11.6 Å². The normalized spacial score (nSPS) is 19.1. The molecule has 0 saturated carbocycles. The molecule has 1 aliphatic carbocycles. The van der Waals surface area contributed by atoms with Gasteiger partial charge in [0.2, 0.25) is 0 Å². The van der Waals surface area contributed by atoms with Crippen molar-refractivity contribution in [3.8, 4) is 11.5 Å². The van der Waals surface area contributed by atoms with Gasteiger partial charge in [0.25, 0.3) is 0 Å². The number of halogens is 3. The molecule has 3 aliphatic rings. The van der Waals surface area contributed by atoms with Crippen molar-refractivity contribution in [2.45, 2.75) is 64.9 Å². The lowest BCUT2D eigenvalue weighted by molar-refractivity contribution is 0.198. The minimum Gasteiger partial charge on any atom is -0.508 e. The van der Waals surface area contributed by atoms with Crippen molar-refractivity contribution in [3.63, 3.8) is 0 Å². The number of piperidine rings is 1. The Morgan fingerprint density at radius 2 is 1.60 bits per heavy atom. The number of nitrogens with zero attached hydrogens (tertiary/aromatic N) is 2. The number of fused-ring (bicyclic) bond motifs is 1. The predicted molar refractivity (Wildman–Crippen MR) is 169 cm³/mol. The molecule has 0 bridgehead atoms. The van der Waals surface area contributed by atoms with Gasteiger partial charge in [0, 0.05) is 38.3 Å². The van der Waals surface area contributed by atoms with Gasteiger partial charge in [0.15, 0.2) is 11.6 Å². The summed E-state index contributed by atoms with van der Waals surface area (Å²) in [4.78, 5) is 4.19. The Kier molecular flexibility index (Phi) is 10.0. The molecule has 6 rings (SSSR count). The SMILES string of the molecule is C.Oc1ccc2c(c1)CCCC(c1ccc(N3CCCCC3)c(F)c1F)=C2c1ccc(O[C@H]2CCN(CCCF)C2)cc1. The molecule has 7 heteroatoms. The van der Waals surface area contributed by atoms with E-state index in [-0.39, 0.29) is 26.0 Å². The van der Waals surface area contributed by atoms with E-state index >= 15 is 8.78 Å². The number of anilines is 1. The molecule has 2 saturated heterocycles. The van der Waals surface area contributed by atoms with Crippen LogP contribution < -0.4 is 9.64 Å². The van der Waals surface area contributed by atoms with Crippen molar-refractivity contribution >= 4 is 16.8 Å². The lowest BCUT2D eigenvalue weighted by Gasteiger charge is -2.29. The van der Waals surface area contributed by atoms with Gasteiger partial charge in [-0.15, -0.1) is 0 Å². The van der Waals surface area contributed by atoms with Crippen molar-refractivity contribution in [1.82, 2.24) is 4.90 Å². The molecule has 0 spiro atoms. The van der Waals surface area contributed by atoms with E-state index in [1.54, 1.807) is 24.3 Å². The maximum absolute atomic E-state index is 15.9. The number of hydrogen-bond acceptors (Lipinski definition) is 4. The minimum absolute atomic E-state index is 0. The summed E-state index contributed by atoms with van der Waals surface area (Å²) < 4.78 is 50.4. The topological polar surface area (TPSA) is 35.9 Å². The Morgan fingerprint density at radius 3 is 2.37 bits per heavy atom. The summed E-state index contributed by atoms with van der Waals surface area (Å²) in [7, 11) is 0.